The van der Waals surface area contributed by atoms with Gasteiger partial charge in [-0.15, -0.1) is 0 Å². The first kappa shape index (κ1) is 53.4. The summed E-state index contributed by atoms with van der Waals surface area (Å²) in [4.78, 5) is 34.9. The third kappa shape index (κ3) is 40.4. The summed E-state index contributed by atoms with van der Waals surface area (Å²) in [6, 6.07) is 0. The van der Waals surface area contributed by atoms with Crippen molar-refractivity contribution >= 4 is 19.8 Å². The zero-order chi connectivity index (χ0) is 41.9. The maximum atomic E-state index is 12.5. The van der Waals surface area contributed by atoms with Crippen molar-refractivity contribution in [2.24, 2.45) is 0 Å². The molecule has 2 unspecified atom stereocenters. The Hall–Kier alpha value is -3.63. The SMILES string of the molecule is CC/C=C/C=C/C=C/C=C/C=C/CCCC(=O)OC(COC(=O)CCCC/C=C/C/C=C/C/C=C/C/C=C/C/C=C/CCCCC)COP(=O)(O)OC[C@H](O)CO. The number of ether oxygens (including phenoxy) is 2. The van der Waals surface area contributed by atoms with E-state index < -0.39 is 51.8 Å². The predicted octanol–water partition coefficient (Wildman–Crippen LogP) is 10.8. The lowest BCUT2D eigenvalue weighted by molar-refractivity contribution is -0.161. The lowest BCUT2D eigenvalue weighted by atomic mass is 10.2. The van der Waals surface area contributed by atoms with E-state index in [1.807, 2.05) is 54.7 Å². The number of aliphatic hydroxyl groups is 2. The van der Waals surface area contributed by atoms with Crippen molar-refractivity contribution in [2.75, 3.05) is 26.4 Å². The Morgan fingerprint density at radius 2 is 1.04 bits per heavy atom. The number of rotatable bonds is 36. The van der Waals surface area contributed by atoms with Crippen LogP contribution in [0.15, 0.2) is 122 Å². The van der Waals surface area contributed by atoms with Crippen molar-refractivity contribution < 1.29 is 47.8 Å². The summed E-state index contributed by atoms with van der Waals surface area (Å²) < 4.78 is 32.5. The minimum Gasteiger partial charge on any atom is -0.462 e. The van der Waals surface area contributed by atoms with Crippen molar-refractivity contribution in [1.29, 1.82) is 0 Å². The summed E-state index contributed by atoms with van der Waals surface area (Å²) in [6.45, 7) is 2.02. The van der Waals surface area contributed by atoms with E-state index in [1.165, 1.54) is 25.7 Å². The molecule has 0 aromatic carbocycles. The summed E-state index contributed by atoms with van der Waals surface area (Å²) in [7, 11) is -4.65. The minimum absolute atomic E-state index is 0.0698. The zero-order valence-electron chi connectivity index (χ0n) is 34.5. The molecule has 57 heavy (non-hydrogen) atoms. The van der Waals surface area contributed by atoms with Gasteiger partial charge in [-0.25, -0.2) is 4.57 Å². The first-order chi connectivity index (χ1) is 27.7. The fraction of sp³-hybridized carbons (Fsp3) is 0.522. The molecule has 0 aliphatic heterocycles. The summed E-state index contributed by atoms with van der Waals surface area (Å²) in [5, 5.41) is 18.3. The van der Waals surface area contributed by atoms with Crippen molar-refractivity contribution in [3.05, 3.63) is 122 Å². The molecule has 0 aromatic heterocycles. The molecule has 3 N–H and O–H groups in total. The number of carbonyl (C=O) groups is 2. The molecule has 0 amide bonds. The molecule has 3 atom stereocenters. The fourth-order valence-corrected chi connectivity index (χ4v) is 5.36. The highest BCUT2D eigenvalue weighted by molar-refractivity contribution is 7.47. The lowest BCUT2D eigenvalue weighted by Gasteiger charge is -2.20. The molecule has 0 saturated heterocycles. The van der Waals surface area contributed by atoms with Gasteiger partial charge in [0, 0.05) is 12.8 Å². The van der Waals surface area contributed by atoms with Crippen molar-refractivity contribution in [3.8, 4) is 0 Å². The number of aliphatic hydroxyl groups excluding tert-OH is 2. The molecule has 11 heteroatoms. The number of phosphoric acid groups is 1. The lowest BCUT2D eigenvalue weighted by Crippen LogP contribution is -2.29. The van der Waals surface area contributed by atoms with E-state index in [0.29, 0.717) is 19.3 Å². The van der Waals surface area contributed by atoms with Gasteiger partial charge in [0.25, 0.3) is 0 Å². The first-order valence-corrected chi connectivity index (χ1v) is 22.1. The molecule has 0 saturated carbocycles. The number of phosphoric ester groups is 1. The zero-order valence-corrected chi connectivity index (χ0v) is 35.4. The van der Waals surface area contributed by atoms with Crippen LogP contribution in [0.4, 0.5) is 0 Å². The summed E-state index contributed by atoms with van der Waals surface area (Å²) in [5.74, 6) is -1.08. The van der Waals surface area contributed by atoms with Gasteiger partial charge < -0.3 is 24.6 Å². The van der Waals surface area contributed by atoms with E-state index in [0.717, 1.165) is 44.9 Å². The van der Waals surface area contributed by atoms with E-state index in [9.17, 15) is 24.2 Å². The number of esters is 2. The molecular weight excluding hydrogens is 743 g/mol. The number of hydrogen-bond acceptors (Lipinski definition) is 9. The molecule has 10 nitrogen and oxygen atoms in total. The minimum atomic E-state index is -4.65. The topological polar surface area (TPSA) is 149 Å². The quantitative estimate of drug-likeness (QED) is 0.0183. The van der Waals surface area contributed by atoms with Crippen LogP contribution in [0.25, 0.3) is 0 Å². The normalized spacial score (nSPS) is 15.1. The highest BCUT2D eigenvalue weighted by atomic mass is 31.2. The molecule has 0 fully saturated rings. The molecule has 0 spiro atoms. The third-order valence-corrected chi connectivity index (χ3v) is 8.68. The van der Waals surface area contributed by atoms with Gasteiger partial charge in [-0.05, 0) is 77.0 Å². The highest BCUT2D eigenvalue weighted by Gasteiger charge is 2.27. The average Bonchev–Trinajstić information content (AvgIpc) is 3.20. The van der Waals surface area contributed by atoms with Crippen molar-refractivity contribution in [2.45, 2.75) is 129 Å². The number of hydrogen-bond donors (Lipinski definition) is 3. The van der Waals surface area contributed by atoms with Crippen LogP contribution in [-0.4, -0.2) is 65.7 Å². The van der Waals surface area contributed by atoms with Crippen LogP contribution < -0.4 is 0 Å². The number of carbonyl (C=O) groups excluding carboxylic acids is 2. The van der Waals surface area contributed by atoms with Gasteiger partial charge in [0.05, 0.1) is 19.8 Å². The van der Waals surface area contributed by atoms with Gasteiger partial charge in [-0.1, -0.05) is 148 Å². The van der Waals surface area contributed by atoms with E-state index in [2.05, 4.69) is 85.2 Å². The van der Waals surface area contributed by atoms with Gasteiger partial charge in [0.2, 0.25) is 0 Å². The molecule has 0 heterocycles. The van der Waals surface area contributed by atoms with E-state index in [4.69, 9.17) is 19.1 Å². The number of allylic oxidation sites excluding steroid dienone is 20. The van der Waals surface area contributed by atoms with Crippen molar-refractivity contribution in [1.82, 2.24) is 0 Å². The molecule has 0 radical (unpaired) electrons. The Balaban J connectivity index is 4.51. The second kappa shape index (κ2) is 40.6. The summed E-state index contributed by atoms with van der Waals surface area (Å²) in [5.41, 5.74) is 0. The molecule has 0 aliphatic rings. The van der Waals surface area contributed by atoms with Gasteiger partial charge in [0.1, 0.15) is 12.7 Å². The fourth-order valence-electron chi connectivity index (χ4n) is 4.57. The maximum absolute atomic E-state index is 12.5. The van der Waals surface area contributed by atoms with E-state index in [-0.39, 0.29) is 19.4 Å². The largest absolute Gasteiger partial charge is 0.472 e. The molecule has 0 rings (SSSR count). The third-order valence-electron chi connectivity index (χ3n) is 7.73. The predicted molar refractivity (Wildman–Crippen MR) is 232 cm³/mol. The van der Waals surface area contributed by atoms with Crippen LogP contribution in [0.5, 0.6) is 0 Å². The smallest absolute Gasteiger partial charge is 0.462 e. The van der Waals surface area contributed by atoms with Crippen LogP contribution in [-0.2, 0) is 32.7 Å². The van der Waals surface area contributed by atoms with Crippen LogP contribution in [0.2, 0.25) is 0 Å². The van der Waals surface area contributed by atoms with E-state index in [1.54, 1.807) is 0 Å². The maximum Gasteiger partial charge on any atom is 0.472 e. The molecule has 0 aliphatic carbocycles. The average molecular weight is 815 g/mol. The Morgan fingerprint density at radius 3 is 1.58 bits per heavy atom. The first-order valence-electron chi connectivity index (χ1n) is 20.6. The molecule has 320 valence electrons. The van der Waals surface area contributed by atoms with Crippen LogP contribution in [0.1, 0.15) is 117 Å². The Morgan fingerprint density at radius 1 is 0.561 bits per heavy atom. The number of unbranched alkanes of at least 4 members (excludes halogenated alkanes) is 6. The highest BCUT2D eigenvalue weighted by Crippen LogP contribution is 2.43. The molecule has 0 aromatic rings. The molecular formula is C46H71O10P. The van der Waals surface area contributed by atoms with Crippen molar-refractivity contribution in [3.63, 3.8) is 0 Å². The van der Waals surface area contributed by atoms with Gasteiger partial charge >= 0.3 is 19.8 Å². The second-order valence-electron chi connectivity index (χ2n) is 13.0. The summed E-state index contributed by atoms with van der Waals surface area (Å²) in [6.07, 6.45) is 51.9. The van der Waals surface area contributed by atoms with Gasteiger partial charge in [-0.2, -0.15) is 0 Å². The Bertz CT molecular complexity index is 1350. The van der Waals surface area contributed by atoms with Crippen LogP contribution in [0.3, 0.4) is 0 Å². The summed E-state index contributed by atoms with van der Waals surface area (Å²) >= 11 is 0. The molecule has 0 bridgehead atoms. The van der Waals surface area contributed by atoms with Gasteiger partial charge in [-0.3, -0.25) is 18.6 Å². The van der Waals surface area contributed by atoms with E-state index >= 15 is 0 Å². The second-order valence-corrected chi connectivity index (χ2v) is 14.5. The van der Waals surface area contributed by atoms with Crippen LogP contribution in [0, 0.1) is 0 Å². The van der Waals surface area contributed by atoms with Gasteiger partial charge in [0.15, 0.2) is 6.10 Å². The Labute approximate surface area is 343 Å². The van der Waals surface area contributed by atoms with Crippen LogP contribution >= 0.6 is 7.82 Å². The standard InChI is InChI=1S/C46H71O10P/c1-3-5-7-9-11-13-15-17-18-19-20-21-22-23-24-26-27-29-31-33-35-37-45(49)53-41-44(42-55-57(51,52)54-40-43(48)39-47)56-46(50)38-36-34-32-30-28-25-16-14-12-10-8-6-4-2/h6,8,10-14,16-18,20-21,23-25,27-30,32,43-44,47-48H,3-5,7,9,15,19,22,26,31,33-42H2,1-2H3,(H,51,52)/b8-6+,12-10+,13-11+,16-14+,18-17+,21-20+,24-23+,28-25+,29-27+,32-30+/t43-,44?/m1/s1. The monoisotopic (exact) mass is 814 g/mol. The Kier molecular flexibility index (Phi) is 38.0.